The third kappa shape index (κ3) is 2.77. The highest BCUT2D eigenvalue weighted by molar-refractivity contribution is 5.30. The van der Waals surface area contributed by atoms with Gasteiger partial charge < -0.3 is 14.5 Å². The minimum Gasteiger partial charge on any atom is -0.371 e. The lowest BCUT2D eigenvalue weighted by Crippen LogP contribution is -2.37. The van der Waals surface area contributed by atoms with Crippen molar-refractivity contribution in [3.8, 4) is 0 Å². The van der Waals surface area contributed by atoms with Crippen LogP contribution in [0.4, 0.5) is 5.95 Å². The molecule has 2 unspecified atom stereocenters. The molecule has 3 aliphatic rings. The molecule has 3 fully saturated rings. The van der Waals surface area contributed by atoms with E-state index in [1.165, 1.54) is 32.4 Å². The second kappa shape index (κ2) is 5.21. The van der Waals surface area contributed by atoms with Crippen molar-refractivity contribution in [1.82, 2.24) is 14.9 Å². The molecule has 2 aliphatic heterocycles. The van der Waals surface area contributed by atoms with Gasteiger partial charge in [-0.3, -0.25) is 0 Å². The third-order valence-corrected chi connectivity index (χ3v) is 5.21. The van der Waals surface area contributed by atoms with Gasteiger partial charge in [0.1, 0.15) is 0 Å². The van der Waals surface area contributed by atoms with Gasteiger partial charge in [0.25, 0.3) is 0 Å². The van der Waals surface area contributed by atoms with Crippen molar-refractivity contribution >= 4 is 5.95 Å². The molecule has 1 aromatic heterocycles. The predicted molar refractivity (Wildman–Crippen MR) is 81.3 cm³/mol. The maximum atomic E-state index is 6.25. The topological polar surface area (TPSA) is 41.5 Å². The molecule has 114 valence electrons. The lowest BCUT2D eigenvalue weighted by Gasteiger charge is -2.26. The first-order valence-electron chi connectivity index (χ1n) is 8.10. The number of hydrogen-bond donors (Lipinski definition) is 0. The van der Waals surface area contributed by atoms with E-state index in [1.54, 1.807) is 12.4 Å². The van der Waals surface area contributed by atoms with E-state index in [2.05, 4.69) is 26.8 Å². The van der Waals surface area contributed by atoms with Crippen LogP contribution in [0.5, 0.6) is 0 Å². The van der Waals surface area contributed by atoms with E-state index >= 15 is 0 Å². The van der Waals surface area contributed by atoms with Crippen molar-refractivity contribution in [1.29, 1.82) is 0 Å². The van der Waals surface area contributed by atoms with Gasteiger partial charge in [0.05, 0.1) is 18.2 Å². The number of rotatable bonds is 4. The van der Waals surface area contributed by atoms with Crippen LogP contribution >= 0.6 is 0 Å². The van der Waals surface area contributed by atoms with Gasteiger partial charge in [0.15, 0.2) is 0 Å². The zero-order valence-electron chi connectivity index (χ0n) is 12.7. The van der Waals surface area contributed by atoms with Crippen LogP contribution in [0.2, 0.25) is 0 Å². The zero-order chi connectivity index (χ0) is 14.3. The van der Waals surface area contributed by atoms with Crippen LogP contribution in [0.15, 0.2) is 18.5 Å². The summed E-state index contributed by atoms with van der Waals surface area (Å²) >= 11 is 0. The molecule has 1 spiro atoms. The SMILES string of the molecule is CN(c1ncccn1)C1COC2(CCN(CC3CC3)C2)C1. The lowest BCUT2D eigenvalue weighted by atomic mass is 9.97. The Bertz CT molecular complexity index is 492. The molecule has 2 saturated heterocycles. The largest absolute Gasteiger partial charge is 0.371 e. The van der Waals surface area contributed by atoms with Crippen LogP contribution in [0, 0.1) is 5.92 Å². The second-order valence-electron chi connectivity index (χ2n) is 6.94. The molecule has 1 aliphatic carbocycles. The maximum Gasteiger partial charge on any atom is 0.225 e. The summed E-state index contributed by atoms with van der Waals surface area (Å²) in [6.07, 6.45) is 8.75. The van der Waals surface area contributed by atoms with Gasteiger partial charge in [0, 0.05) is 45.5 Å². The van der Waals surface area contributed by atoms with Crippen molar-refractivity contribution in [3.05, 3.63) is 18.5 Å². The summed E-state index contributed by atoms with van der Waals surface area (Å²) in [5.41, 5.74) is 0.0859. The molecular formula is C16H24N4O. The molecule has 1 saturated carbocycles. The number of nitrogens with zero attached hydrogens (tertiary/aromatic N) is 4. The van der Waals surface area contributed by atoms with E-state index in [-0.39, 0.29) is 5.60 Å². The Morgan fingerprint density at radius 2 is 2.19 bits per heavy atom. The normalized spacial score (nSPS) is 32.9. The molecule has 0 N–H and O–H groups in total. The molecule has 0 amide bonds. The number of hydrogen-bond acceptors (Lipinski definition) is 5. The van der Waals surface area contributed by atoms with Gasteiger partial charge in [-0.1, -0.05) is 0 Å². The average molecular weight is 288 g/mol. The minimum atomic E-state index is 0.0859. The molecule has 4 rings (SSSR count). The second-order valence-corrected chi connectivity index (χ2v) is 6.94. The smallest absolute Gasteiger partial charge is 0.225 e. The molecule has 1 aromatic rings. The van der Waals surface area contributed by atoms with Crippen molar-refractivity contribution in [2.75, 3.05) is 38.2 Å². The first-order valence-corrected chi connectivity index (χ1v) is 8.10. The summed E-state index contributed by atoms with van der Waals surface area (Å²) in [6, 6.07) is 2.25. The van der Waals surface area contributed by atoms with Gasteiger partial charge >= 0.3 is 0 Å². The highest BCUT2D eigenvalue weighted by Gasteiger charge is 2.47. The Morgan fingerprint density at radius 1 is 1.38 bits per heavy atom. The fourth-order valence-corrected chi connectivity index (χ4v) is 3.74. The van der Waals surface area contributed by atoms with Crippen LogP contribution in [-0.2, 0) is 4.74 Å². The Labute approximate surface area is 126 Å². The van der Waals surface area contributed by atoms with Crippen LogP contribution in [0.3, 0.4) is 0 Å². The van der Waals surface area contributed by atoms with E-state index in [0.29, 0.717) is 6.04 Å². The van der Waals surface area contributed by atoms with E-state index < -0.39 is 0 Å². The molecule has 0 bridgehead atoms. The number of anilines is 1. The van der Waals surface area contributed by atoms with E-state index in [4.69, 9.17) is 4.74 Å². The van der Waals surface area contributed by atoms with Crippen molar-refractivity contribution < 1.29 is 4.74 Å². The number of likely N-dealkylation sites (N-methyl/N-ethyl adjacent to an activating group) is 1. The maximum absolute atomic E-state index is 6.25. The number of likely N-dealkylation sites (tertiary alicyclic amines) is 1. The fraction of sp³-hybridized carbons (Fsp3) is 0.750. The monoisotopic (exact) mass is 288 g/mol. The first kappa shape index (κ1) is 13.5. The summed E-state index contributed by atoms with van der Waals surface area (Å²) in [6.45, 7) is 4.40. The van der Waals surface area contributed by atoms with Crippen LogP contribution in [0.25, 0.3) is 0 Å². The Morgan fingerprint density at radius 3 is 2.95 bits per heavy atom. The Balaban J connectivity index is 1.38. The van der Waals surface area contributed by atoms with Crippen LogP contribution in [0.1, 0.15) is 25.7 Å². The standard InChI is InChI=1S/C16H24N4O/c1-19(15-17-6-2-7-18-15)14-9-16(21-11-14)5-8-20(12-16)10-13-3-4-13/h2,6-7,13-14H,3-5,8-12H2,1H3. The number of aromatic nitrogens is 2. The Kier molecular flexibility index (Phi) is 3.34. The highest BCUT2D eigenvalue weighted by Crippen LogP contribution is 2.39. The van der Waals surface area contributed by atoms with Crippen LogP contribution < -0.4 is 4.90 Å². The molecule has 5 heteroatoms. The summed E-state index contributed by atoms with van der Waals surface area (Å²) in [5.74, 6) is 1.77. The Hall–Kier alpha value is -1.20. The molecular weight excluding hydrogens is 264 g/mol. The molecule has 0 radical (unpaired) electrons. The first-order chi connectivity index (χ1) is 10.2. The molecule has 0 aromatic carbocycles. The van der Waals surface area contributed by atoms with E-state index in [9.17, 15) is 0 Å². The average Bonchev–Trinajstić information content (AvgIpc) is 3.10. The molecule has 5 nitrogen and oxygen atoms in total. The zero-order valence-corrected chi connectivity index (χ0v) is 12.7. The lowest BCUT2D eigenvalue weighted by molar-refractivity contribution is 0.0121. The van der Waals surface area contributed by atoms with Gasteiger partial charge in [-0.15, -0.1) is 0 Å². The number of ether oxygens (including phenoxy) is 1. The van der Waals surface area contributed by atoms with Crippen molar-refractivity contribution in [2.45, 2.75) is 37.3 Å². The van der Waals surface area contributed by atoms with Crippen molar-refractivity contribution in [2.24, 2.45) is 5.92 Å². The molecule has 2 atom stereocenters. The summed E-state index contributed by atoms with van der Waals surface area (Å²) in [7, 11) is 2.08. The molecule has 3 heterocycles. The van der Waals surface area contributed by atoms with Gasteiger partial charge in [0.2, 0.25) is 5.95 Å². The van der Waals surface area contributed by atoms with Crippen LogP contribution in [-0.4, -0.2) is 59.8 Å². The summed E-state index contributed by atoms with van der Waals surface area (Å²) < 4.78 is 6.25. The van der Waals surface area contributed by atoms with Gasteiger partial charge in [-0.2, -0.15) is 0 Å². The van der Waals surface area contributed by atoms with Crippen molar-refractivity contribution in [3.63, 3.8) is 0 Å². The van der Waals surface area contributed by atoms with Gasteiger partial charge in [-0.05, 0) is 31.2 Å². The van der Waals surface area contributed by atoms with E-state index in [0.717, 1.165) is 31.4 Å². The predicted octanol–water partition coefficient (Wildman–Crippen LogP) is 1.56. The fourth-order valence-electron chi connectivity index (χ4n) is 3.74. The van der Waals surface area contributed by atoms with Gasteiger partial charge in [-0.25, -0.2) is 9.97 Å². The van der Waals surface area contributed by atoms with E-state index in [1.807, 2.05) is 6.07 Å². The highest BCUT2D eigenvalue weighted by atomic mass is 16.5. The minimum absolute atomic E-state index is 0.0859. The summed E-state index contributed by atoms with van der Waals surface area (Å²) in [4.78, 5) is 13.5. The third-order valence-electron chi connectivity index (χ3n) is 5.21. The summed E-state index contributed by atoms with van der Waals surface area (Å²) in [5, 5.41) is 0. The molecule has 21 heavy (non-hydrogen) atoms. The quantitative estimate of drug-likeness (QED) is 0.841.